The number of aliphatic hydroxyl groups excluding tert-OH is 1. The normalized spacial score (nSPS) is 23.4. The standard InChI is InChI=1S/C14H21NOS/c1-14(2)7-12(9-17-10-14)15-13-6-4-3-5-11(13)8-16/h3-6,12,15-16H,7-10H2,1-2H3. The SMILES string of the molecule is CC1(C)CSCC(Nc2ccccc2CO)C1. The summed E-state index contributed by atoms with van der Waals surface area (Å²) in [6.45, 7) is 4.75. The molecule has 0 spiro atoms. The molecule has 0 aliphatic carbocycles. The maximum atomic E-state index is 9.31. The van der Waals surface area contributed by atoms with Crippen molar-refractivity contribution in [1.82, 2.24) is 0 Å². The number of hydrogen-bond acceptors (Lipinski definition) is 3. The van der Waals surface area contributed by atoms with Gasteiger partial charge in [0.1, 0.15) is 0 Å². The fourth-order valence-electron chi connectivity index (χ4n) is 2.37. The Morgan fingerprint density at radius 3 is 2.88 bits per heavy atom. The molecule has 1 aliphatic heterocycles. The first-order valence-electron chi connectivity index (χ1n) is 6.14. The largest absolute Gasteiger partial charge is 0.392 e. The quantitative estimate of drug-likeness (QED) is 0.865. The third-order valence-corrected chi connectivity index (χ3v) is 4.78. The molecule has 0 radical (unpaired) electrons. The van der Waals surface area contributed by atoms with Crippen LogP contribution in [0.5, 0.6) is 0 Å². The molecule has 3 heteroatoms. The summed E-state index contributed by atoms with van der Waals surface area (Å²) in [6, 6.07) is 8.52. The number of rotatable bonds is 3. The number of benzene rings is 1. The average molecular weight is 251 g/mol. The Morgan fingerprint density at radius 2 is 2.18 bits per heavy atom. The summed E-state index contributed by atoms with van der Waals surface area (Å²) in [4.78, 5) is 0. The average Bonchev–Trinajstić information content (AvgIpc) is 2.28. The van der Waals surface area contributed by atoms with Crippen molar-refractivity contribution in [1.29, 1.82) is 0 Å². The lowest BCUT2D eigenvalue weighted by Gasteiger charge is -2.35. The van der Waals surface area contributed by atoms with E-state index < -0.39 is 0 Å². The zero-order valence-electron chi connectivity index (χ0n) is 10.6. The van der Waals surface area contributed by atoms with E-state index in [0.29, 0.717) is 11.5 Å². The molecule has 2 nitrogen and oxygen atoms in total. The van der Waals surface area contributed by atoms with Crippen LogP contribution in [0, 0.1) is 5.41 Å². The Balaban J connectivity index is 2.05. The number of para-hydroxylation sites is 1. The van der Waals surface area contributed by atoms with Crippen molar-refractivity contribution in [2.24, 2.45) is 5.41 Å². The van der Waals surface area contributed by atoms with Gasteiger partial charge in [0, 0.05) is 23.0 Å². The first kappa shape index (κ1) is 12.8. The minimum atomic E-state index is 0.104. The maximum Gasteiger partial charge on any atom is 0.0701 e. The van der Waals surface area contributed by atoms with Gasteiger partial charge in [-0.05, 0) is 23.7 Å². The highest BCUT2D eigenvalue weighted by molar-refractivity contribution is 7.99. The molecule has 0 amide bonds. The van der Waals surface area contributed by atoms with Crippen molar-refractivity contribution in [3.8, 4) is 0 Å². The topological polar surface area (TPSA) is 32.3 Å². The number of hydrogen-bond donors (Lipinski definition) is 2. The van der Waals surface area contributed by atoms with Crippen LogP contribution in [-0.2, 0) is 6.61 Å². The molecule has 1 unspecified atom stereocenters. The molecule has 0 saturated carbocycles. The molecule has 0 bridgehead atoms. The van der Waals surface area contributed by atoms with Crippen molar-refractivity contribution >= 4 is 17.4 Å². The van der Waals surface area contributed by atoms with Gasteiger partial charge in [-0.25, -0.2) is 0 Å². The van der Waals surface area contributed by atoms with Crippen LogP contribution >= 0.6 is 11.8 Å². The molecule has 2 rings (SSSR count). The molecule has 1 fully saturated rings. The van der Waals surface area contributed by atoms with Gasteiger partial charge in [0.25, 0.3) is 0 Å². The van der Waals surface area contributed by atoms with E-state index in [1.165, 1.54) is 12.2 Å². The van der Waals surface area contributed by atoms with Crippen LogP contribution in [0.1, 0.15) is 25.8 Å². The summed E-state index contributed by atoms with van der Waals surface area (Å²) in [5.41, 5.74) is 2.48. The fraction of sp³-hybridized carbons (Fsp3) is 0.571. The molecule has 94 valence electrons. The number of aliphatic hydroxyl groups is 1. The van der Waals surface area contributed by atoms with Crippen molar-refractivity contribution in [2.75, 3.05) is 16.8 Å². The third-order valence-electron chi connectivity index (χ3n) is 3.16. The van der Waals surface area contributed by atoms with Crippen molar-refractivity contribution < 1.29 is 5.11 Å². The molecular weight excluding hydrogens is 230 g/mol. The summed E-state index contributed by atoms with van der Waals surface area (Å²) in [5, 5.41) is 12.9. The van der Waals surface area contributed by atoms with Crippen LogP contribution < -0.4 is 5.32 Å². The van der Waals surface area contributed by atoms with Crippen LogP contribution in [0.4, 0.5) is 5.69 Å². The summed E-state index contributed by atoms with van der Waals surface area (Å²) < 4.78 is 0. The van der Waals surface area contributed by atoms with Gasteiger partial charge < -0.3 is 10.4 Å². The highest BCUT2D eigenvalue weighted by Gasteiger charge is 2.28. The van der Waals surface area contributed by atoms with E-state index >= 15 is 0 Å². The molecule has 1 aromatic carbocycles. The Bertz CT molecular complexity index is 378. The van der Waals surface area contributed by atoms with Gasteiger partial charge in [-0.15, -0.1) is 0 Å². The van der Waals surface area contributed by atoms with Gasteiger partial charge >= 0.3 is 0 Å². The zero-order chi connectivity index (χ0) is 12.3. The van der Waals surface area contributed by atoms with Crippen molar-refractivity contribution in [2.45, 2.75) is 32.9 Å². The molecule has 2 N–H and O–H groups in total. The predicted molar refractivity (Wildman–Crippen MR) is 75.5 cm³/mol. The number of nitrogens with one attached hydrogen (secondary N) is 1. The van der Waals surface area contributed by atoms with E-state index in [2.05, 4.69) is 25.2 Å². The van der Waals surface area contributed by atoms with E-state index in [4.69, 9.17) is 0 Å². The third kappa shape index (κ3) is 3.39. The van der Waals surface area contributed by atoms with E-state index in [0.717, 1.165) is 17.0 Å². The Hall–Kier alpha value is -0.670. The van der Waals surface area contributed by atoms with Gasteiger partial charge in [0.2, 0.25) is 0 Å². The second-order valence-corrected chi connectivity index (χ2v) is 6.57. The molecule has 17 heavy (non-hydrogen) atoms. The van der Waals surface area contributed by atoms with Gasteiger partial charge in [-0.1, -0.05) is 32.0 Å². The lowest BCUT2D eigenvalue weighted by atomic mass is 9.87. The van der Waals surface area contributed by atoms with E-state index in [9.17, 15) is 5.11 Å². The zero-order valence-corrected chi connectivity index (χ0v) is 11.4. The van der Waals surface area contributed by atoms with Crippen molar-refractivity contribution in [3.63, 3.8) is 0 Å². The van der Waals surface area contributed by atoms with Crippen LogP contribution in [0.25, 0.3) is 0 Å². The summed E-state index contributed by atoms with van der Waals surface area (Å²) >= 11 is 2.02. The van der Waals surface area contributed by atoms with Gasteiger partial charge in [-0.3, -0.25) is 0 Å². The molecular formula is C14H21NOS. The molecule has 1 atom stereocenters. The monoisotopic (exact) mass is 251 g/mol. The second kappa shape index (κ2) is 5.32. The highest BCUT2D eigenvalue weighted by atomic mass is 32.2. The molecule has 1 aromatic rings. The Morgan fingerprint density at radius 1 is 1.41 bits per heavy atom. The lowest BCUT2D eigenvalue weighted by molar-refractivity contribution is 0.282. The second-order valence-electron chi connectivity index (χ2n) is 5.54. The number of thioether (sulfide) groups is 1. The van der Waals surface area contributed by atoms with E-state index in [-0.39, 0.29) is 6.61 Å². The summed E-state index contributed by atoms with van der Waals surface area (Å²) in [7, 11) is 0. The smallest absolute Gasteiger partial charge is 0.0701 e. The molecule has 1 aliphatic rings. The van der Waals surface area contributed by atoms with Crippen molar-refractivity contribution in [3.05, 3.63) is 29.8 Å². The van der Waals surface area contributed by atoms with Gasteiger partial charge in [-0.2, -0.15) is 11.8 Å². The van der Waals surface area contributed by atoms with Crippen LogP contribution in [-0.4, -0.2) is 22.7 Å². The minimum Gasteiger partial charge on any atom is -0.392 e. The minimum absolute atomic E-state index is 0.104. The fourth-order valence-corrected chi connectivity index (χ4v) is 3.65. The van der Waals surface area contributed by atoms with E-state index in [1.807, 2.05) is 30.0 Å². The first-order chi connectivity index (χ1) is 8.11. The van der Waals surface area contributed by atoms with Gasteiger partial charge in [0.05, 0.1) is 6.61 Å². The predicted octanol–water partition coefficient (Wildman–Crippen LogP) is 3.12. The number of anilines is 1. The lowest BCUT2D eigenvalue weighted by Crippen LogP contribution is -2.35. The summed E-state index contributed by atoms with van der Waals surface area (Å²) in [5.74, 6) is 2.40. The van der Waals surface area contributed by atoms with Crippen LogP contribution in [0.15, 0.2) is 24.3 Å². The highest BCUT2D eigenvalue weighted by Crippen LogP contribution is 2.35. The van der Waals surface area contributed by atoms with E-state index in [1.54, 1.807) is 0 Å². The molecule has 0 aromatic heterocycles. The Kier molecular flexibility index (Phi) is 4.00. The summed E-state index contributed by atoms with van der Waals surface area (Å²) in [6.07, 6.45) is 1.19. The first-order valence-corrected chi connectivity index (χ1v) is 7.29. The van der Waals surface area contributed by atoms with Gasteiger partial charge in [0.15, 0.2) is 0 Å². The Labute approximate surface area is 108 Å². The molecule has 1 saturated heterocycles. The maximum absolute atomic E-state index is 9.31. The molecule has 1 heterocycles. The van der Waals surface area contributed by atoms with Crippen LogP contribution in [0.3, 0.4) is 0 Å². The van der Waals surface area contributed by atoms with Crippen LogP contribution in [0.2, 0.25) is 0 Å².